The standard InChI is InChI=1S/C22H25N5O/c1-26(17-18-7-3-2-4-8-18)22-23-12-11-21(25-22)24-19-9-5-6-10-20(19)27-13-15-28-16-14-27/h2-12H,13-17H2,1H3,(H,23,24,25). The van der Waals surface area contributed by atoms with E-state index in [1.54, 1.807) is 6.20 Å². The van der Waals surface area contributed by atoms with Crippen molar-refractivity contribution in [1.29, 1.82) is 0 Å². The van der Waals surface area contributed by atoms with Crippen LogP contribution >= 0.6 is 0 Å². The van der Waals surface area contributed by atoms with Crippen LogP contribution in [0.5, 0.6) is 0 Å². The fourth-order valence-corrected chi connectivity index (χ4v) is 3.33. The maximum atomic E-state index is 5.48. The molecule has 1 N–H and O–H groups in total. The molecule has 0 radical (unpaired) electrons. The smallest absolute Gasteiger partial charge is 0.227 e. The van der Waals surface area contributed by atoms with Gasteiger partial charge >= 0.3 is 0 Å². The van der Waals surface area contributed by atoms with Gasteiger partial charge in [0.15, 0.2) is 0 Å². The summed E-state index contributed by atoms with van der Waals surface area (Å²) >= 11 is 0. The van der Waals surface area contributed by atoms with Crippen molar-refractivity contribution in [3.63, 3.8) is 0 Å². The third-order valence-corrected chi connectivity index (χ3v) is 4.77. The predicted molar refractivity (Wildman–Crippen MR) is 113 cm³/mol. The highest BCUT2D eigenvalue weighted by atomic mass is 16.5. The molecule has 0 unspecified atom stereocenters. The summed E-state index contributed by atoms with van der Waals surface area (Å²) in [5, 5.41) is 3.47. The highest BCUT2D eigenvalue weighted by Gasteiger charge is 2.15. The van der Waals surface area contributed by atoms with E-state index in [9.17, 15) is 0 Å². The second-order valence-corrected chi connectivity index (χ2v) is 6.83. The van der Waals surface area contributed by atoms with E-state index < -0.39 is 0 Å². The molecule has 1 fully saturated rings. The Hall–Kier alpha value is -3.12. The van der Waals surface area contributed by atoms with Gasteiger partial charge < -0.3 is 19.9 Å². The second kappa shape index (κ2) is 8.71. The van der Waals surface area contributed by atoms with Gasteiger partial charge in [0.1, 0.15) is 5.82 Å². The van der Waals surface area contributed by atoms with Crippen LogP contribution in [0, 0.1) is 0 Å². The lowest BCUT2D eigenvalue weighted by Gasteiger charge is -2.30. The first-order valence-electron chi connectivity index (χ1n) is 9.56. The quantitative estimate of drug-likeness (QED) is 0.709. The van der Waals surface area contributed by atoms with Crippen LogP contribution in [0.25, 0.3) is 0 Å². The van der Waals surface area contributed by atoms with Crippen LogP contribution in [0.2, 0.25) is 0 Å². The van der Waals surface area contributed by atoms with E-state index in [4.69, 9.17) is 9.72 Å². The van der Waals surface area contributed by atoms with Gasteiger partial charge in [-0.3, -0.25) is 0 Å². The first kappa shape index (κ1) is 18.3. The fourth-order valence-electron chi connectivity index (χ4n) is 3.33. The topological polar surface area (TPSA) is 53.5 Å². The minimum Gasteiger partial charge on any atom is -0.378 e. The monoisotopic (exact) mass is 375 g/mol. The zero-order valence-corrected chi connectivity index (χ0v) is 16.1. The number of nitrogens with one attached hydrogen (secondary N) is 1. The Morgan fingerprint density at radius 1 is 1.00 bits per heavy atom. The van der Waals surface area contributed by atoms with E-state index >= 15 is 0 Å². The summed E-state index contributed by atoms with van der Waals surface area (Å²) in [5.74, 6) is 1.48. The van der Waals surface area contributed by atoms with Crippen LogP contribution in [0.3, 0.4) is 0 Å². The zero-order chi connectivity index (χ0) is 19.2. The number of rotatable bonds is 6. The lowest BCUT2D eigenvalue weighted by atomic mass is 10.2. The van der Waals surface area contributed by atoms with Crippen molar-refractivity contribution >= 4 is 23.1 Å². The van der Waals surface area contributed by atoms with E-state index in [0.717, 1.165) is 44.4 Å². The zero-order valence-electron chi connectivity index (χ0n) is 16.1. The number of ether oxygens (including phenoxy) is 1. The number of anilines is 4. The molecule has 0 spiro atoms. The Morgan fingerprint density at radius 3 is 2.57 bits per heavy atom. The maximum Gasteiger partial charge on any atom is 0.227 e. The third-order valence-electron chi connectivity index (χ3n) is 4.77. The van der Waals surface area contributed by atoms with E-state index in [-0.39, 0.29) is 0 Å². The summed E-state index contributed by atoms with van der Waals surface area (Å²) in [5.41, 5.74) is 3.44. The van der Waals surface area contributed by atoms with Gasteiger partial charge in [0.05, 0.1) is 24.6 Å². The predicted octanol–water partition coefficient (Wildman–Crippen LogP) is 3.69. The van der Waals surface area contributed by atoms with Gasteiger partial charge in [-0.15, -0.1) is 0 Å². The number of para-hydroxylation sites is 2. The van der Waals surface area contributed by atoms with Crippen molar-refractivity contribution in [2.24, 2.45) is 0 Å². The molecule has 144 valence electrons. The van der Waals surface area contributed by atoms with Crippen LogP contribution < -0.4 is 15.1 Å². The average molecular weight is 375 g/mol. The first-order valence-corrected chi connectivity index (χ1v) is 9.56. The van der Waals surface area contributed by atoms with Crippen LogP contribution in [-0.4, -0.2) is 43.3 Å². The normalized spacial score (nSPS) is 14.0. The van der Waals surface area contributed by atoms with E-state index in [1.165, 1.54) is 11.3 Å². The van der Waals surface area contributed by atoms with Crippen molar-refractivity contribution in [1.82, 2.24) is 9.97 Å². The number of morpholine rings is 1. The molecule has 6 heteroatoms. The average Bonchev–Trinajstić information content (AvgIpc) is 2.76. The third kappa shape index (κ3) is 4.40. The summed E-state index contributed by atoms with van der Waals surface area (Å²) in [7, 11) is 2.01. The molecule has 0 atom stereocenters. The molecule has 28 heavy (non-hydrogen) atoms. The minimum absolute atomic E-state index is 0.692. The van der Waals surface area contributed by atoms with Crippen molar-refractivity contribution in [2.45, 2.75) is 6.54 Å². The van der Waals surface area contributed by atoms with Crippen LogP contribution in [0.1, 0.15) is 5.56 Å². The SMILES string of the molecule is CN(Cc1ccccc1)c1nccc(Nc2ccccc2N2CCOCC2)n1. The molecular weight excluding hydrogens is 350 g/mol. The van der Waals surface area contributed by atoms with Crippen molar-refractivity contribution in [3.05, 3.63) is 72.4 Å². The molecule has 2 heterocycles. The summed E-state index contributed by atoms with van der Waals surface area (Å²) < 4.78 is 5.48. The number of hydrogen-bond acceptors (Lipinski definition) is 6. The Bertz CT molecular complexity index is 896. The van der Waals surface area contributed by atoms with Crippen LogP contribution in [0.15, 0.2) is 66.9 Å². The minimum atomic E-state index is 0.692. The van der Waals surface area contributed by atoms with Gasteiger partial charge in [0.25, 0.3) is 0 Å². The fraction of sp³-hybridized carbons (Fsp3) is 0.273. The lowest BCUT2D eigenvalue weighted by molar-refractivity contribution is 0.123. The maximum absolute atomic E-state index is 5.48. The molecule has 0 saturated carbocycles. The van der Waals surface area contributed by atoms with Crippen molar-refractivity contribution < 1.29 is 4.74 Å². The molecule has 1 aliphatic rings. The molecule has 4 rings (SSSR count). The summed E-state index contributed by atoms with van der Waals surface area (Å²) in [4.78, 5) is 13.5. The number of benzene rings is 2. The number of hydrogen-bond donors (Lipinski definition) is 1. The van der Waals surface area contributed by atoms with Crippen LogP contribution in [-0.2, 0) is 11.3 Å². The lowest BCUT2D eigenvalue weighted by Crippen LogP contribution is -2.36. The molecule has 2 aromatic carbocycles. The van der Waals surface area contributed by atoms with Crippen molar-refractivity contribution in [2.75, 3.05) is 48.5 Å². The largest absolute Gasteiger partial charge is 0.378 e. The molecule has 6 nitrogen and oxygen atoms in total. The van der Waals surface area contributed by atoms with E-state index in [1.807, 2.05) is 42.3 Å². The van der Waals surface area contributed by atoms with E-state index in [0.29, 0.717) is 5.95 Å². The Kier molecular flexibility index (Phi) is 5.68. The highest BCUT2D eigenvalue weighted by molar-refractivity contribution is 5.74. The van der Waals surface area contributed by atoms with Gasteiger partial charge in [-0.05, 0) is 23.8 Å². The van der Waals surface area contributed by atoms with Crippen molar-refractivity contribution in [3.8, 4) is 0 Å². The molecule has 0 aliphatic carbocycles. The number of nitrogens with zero attached hydrogens (tertiary/aromatic N) is 4. The second-order valence-electron chi connectivity index (χ2n) is 6.83. The molecule has 1 aromatic heterocycles. The van der Waals surface area contributed by atoms with Gasteiger partial charge in [-0.1, -0.05) is 42.5 Å². The summed E-state index contributed by atoms with van der Waals surface area (Å²) in [6.45, 7) is 4.07. The summed E-state index contributed by atoms with van der Waals surface area (Å²) in [6, 6.07) is 20.6. The number of aromatic nitrogens is 2. The Balaban J connectivity index is 1.51. The molecule has 1 saturated heterocycles. The summed E-state index contributed by atoms with van der Waals surface area (Å²) in [6.07, 6.45) is 1.80. The van der Waals surface area contributed by atoms with Gasteiger partial charge in [-0.2, -0.15) is 4.98 Å². The van der Waals surface area contributed by atoms with Gasteiger partial charge in [0.2, 0.25) is 5.95 Å². The first-order chi connectivity index (χ1) is 13.8. The van der Waals surface area contributed by atoms with Gasteiger partial charge in [0, 0.05) is 32.9 Å². The Morgan fingerprint density at radius 2 is 1.75 bits per heavy atom. The van der Waals surface area contributed by atoms with E-state index in [2.05, 4.69) is 45.5 Å². The highest BCUT2D eigenvalue weighted by Crippen LogP contribution is 2.29. The Labute approximate surface area is 165 Å². The molecule has 1 aliphatic heterocycles. The molecular formula is C22H25N5O. The molecule has 3 aromatic rings. The van der Waals surface area contributed by atoms with Gasteiger partial charge in [-0.25, -0.2) is 4.98 Å². The van der Waals surface area contributed by atoms with Crippen LogP contribution in [0.4, 0.5) is 23.1 Å². The molecule has 0 bridgehead atoms. The molecule has 0 amide bonds.